The van der Waals surface area contributed by atoms with Crippen LogP contribution in [0.4, 0.5) is 11.4 Å². The molecule has 2 rings (SSSR count). The number of nitrogen functional groups attached to an aromatic ring is 1. The Kier molecular flexibility index (Phi) is 3.32. The van der Waals surface area contributed by atoms with Crippen LogP contribution < -0.4 is 10.6 Å². The van der Waals surface area contributed by atoms with Crippen LogP contribution >= 0.6 is 0 Å². The van der Waals surface area contributed by atoms with Gasteiger partial charge in [-0.15, -0.1) is 0 Å². The summed E-state index contributed by atoms with van der Waals surface area (Å²) in [6.07, 6.45) is 3.57. The SMILES string of the molecule is Cc1cnn(CC(=O)N(C)c2ccc(N)cc2)c1. The number of amides is 1. The first-order valence-electron chi connectivity index (χ1n) is 5.67. The average molecular weight is 244 g/mol. The Morgan fingerprint density at radius 1 is 1.39 bits per heavy atom. The molecular formula is C13H16N4O. The van der Waals surface area contributed by atoms with E-state index >= 15 is 0 Å². The van der Waals surface area contributed by atoms with Gasteiger partial charge in [0.15, 0.2) is 0 Å². The predicted molar refractivity (Wildman–Crippen MR) is 71.2 cm³/mol. The summed E-state index contributed by atoms with van der Waals surface area (Å²) in [6, 6.07) is 7.19. The van der Waals surface area contributed by atoms with E-state index in [2.05, 4.69) is 5.10 Å². The highest BCUT2D eigenvalue weighted by molar-refractivity contribution is 5.92. The minimum Gasteiger partial charge on any atom is -0.399 e. The lowest BCUT2D eigenvalue weighted by Crippen LogP contribution is -2.30. The van der Waals surface area contributed by atoms with Crippen LogP contribution in [0.1, 0.15) is 5.56 Å². The van der Waals surface area contributed by atoms with Gasteiger partial charge in [0, 0.05) is 24.6 Å². The molecule has 0 unspecified atom stereocenters. The fraction of sp³-hybridized carbons (Fsp3) is 0.231. The van der Waals surface area contributed by atoms with Crippen molar-refractivity contribution in [1.82, 2.24) is 9.78 Å². The first-order valence-corrected chi connectivity index (χ1v) is 5.67. The van der Waals surface area contributed by atoms with Gasteiger partial charge in [0.1, 0.15) is 6.54 Å². The molecule has 1 aromatic heterocycles. The van der Waals surface area contributed by atoms with Gasteiger partial charge in [-0.2, -0.15) is 5.10 Å². The molecule has 1 amide bonds. The van der Waals surface area contributed by atoms with Crippen LogP contribution in [0.3, 0.4) is 0 Å². The third kappa shape index (κ3) is 2.68. The highest BCUT2D eigenvalue weighted by atomic mass is 16.2. The fourth-order valence-electron chi connectivity index (χ4n) is 1.64. The molecule has 0 atom stereocenters. The Morgan fingerprint density at radius 3 is 2.61 bits per heavy atom. The molecule has 18 heavy (non-hydrogen) atoms. The highest BCUT2D eigenvalue weighted by Crippen LogP contribution is 2.15. The molecule has 0 aliphatic carbocycles. The Hall–Kier alpha value is -2.30. The van der Waals surface area contributed by atoms with E-state index in [1.165, 1.54) is 0 Å². The van der Waals surface area contributed by atoms with Crippen molar-refractivity contribution < 1.29 is 4.79 Å². The molecule has 1 heterocycles. The van der Waals surface area contributed by atoms with Crippen molar-refractivity contribution >= 4 is 17.3 Å². The number of aromatic nitrogens is 2. The largest absolute Gasteiger partial charge is 0.399 e. The Bertz CT molecular complexity index is 544. The normalized spacial score (nSPS) is 10.3. The van der Waals surface area contributed by atoms with Crippen LogP contribution in [-0.4, -0.2) is 22.7 Å². The maximum atomic E-state index is 12.0. The molecule has 5 heteroatoms. The summed E-state index contributed by atoms with van der Waals surface area (Å²) >= 11 is 0. The van der Waals surface area contributed by atoms with Gasteiger partial charge in [-0.05, 0) is 36.8 Å². The minimum atomic E-state index is -0.0251. The van der Waals surface area contributed by atoms with Crippen LogP contribution in [0.15, 0.2) is 36.7 Å². The Morgan fingerprint density at radius 2 is 2.06 bits per heavy atom. The van der Waals surface area contributed by atoms with E-state index in [1.54, 1.807) is 35.0 Å². The Labute approximate surface area is 106 Å². The minimum absolute atomic E-state index is 0.0251. The molecule has 0 aliphatic rings. The summed E-state index contributed by atoms with van der Waals surface area (Å²) in [6.45, 7) is 2.17. The van der Waals surface area contributed by atoms with E-state index in [1.807, 2.05) is 25.3 Å². The van der Waals surface area contributed by atoms with E-state index in [9.17, 15) is 4.79 Å². The second-order valence-electron chi connectivity index (χ2n) is 4.26. The summed E-state index contributed by atoms with van der Waals surface area (Å²) in [5, 5.41) is 4.10. The number of aryl methyl sites for hydroxylation is 1. The average Bonchev–Trinajstić information content (AvgIpc) is 2.75. The summed E-state index contributed by atoms with van der Waals surface area (Å²) in [7, 11) is 1.74. The van der Waals surface area contributed by atoms with Crippen molar-refractivity contribution in [1.29, 1.82) is 0 Å². The number of hydrogen-bond acceptors (Lipinski definition) is 3. The van der Waals surface area contributed by atoms with E-state index < -0.39 is 0 Å². The summed E-state index contributed by atoms with van der Waals surface area (Å²) in [4.78, 5) is 13.6. The van der Waals surface area contributed by atoms with Crippen molar-refractivity contribution in [3.63, 3.8) is 0 Å². The standard InChI is InChI=1S/C13H16N4O/c1-10-7-15-17(8-10)9-13(18)16(2)12-5-3-11(14)4-6-12/h3-8H,9,14H2,1-2H3. The Balaban J connectivity index is 2.07. The maximum absolute atomic E-state index is 12.0. The number of anilines is 2. The van der Waals surface area contributed by atoms with Gasteiger partial charge in [-0.3, -0.25) is 9.48 Å². The molecule has 94 valence electrons. The summed E-state index contributed by atoms with van der Waals surface area (Å²) in [5.41, 5.74) is 8.15. The summed E-state index contributed by atoms with van der Waals surface area (Å²) in [5.74, 6) is -0.0251. The van der Waals surface area contributed by atoms with Crippen molar-refractivity contribution in [3.05, 3.63) is 42.2 Å². The molecule has 0 bridgehead atoms. The van der Waals surface area contributed by atoms with Crippen LogP contribution in [0.25, 0.3) is 0 Å². The zero-order valence-electron chi connectivity index (χ0n) is 10.5. The monoisotopic (exact) mass is 244 g/mol. The number of likely N-dealkylation sites (N-methyl/N-ethyl adjacent to an activating group) is 1. The predicted octanol–water partition coefficient (Wildman–Crippen LogP) is 1.44. The molecule has 0 radical (unpaired) electrons. The van der Waals surface area contributed by atoms with E-state index in [4.69, 9.17) is 5.73 Å². The van der Waals surface area contributed by atoms with E-state index in [0.29, 0.717) is 5.69 Å². The van der Waals surface area contributed by atoms with E-state index in [-0.39, 0.29) is 12.5 Å². The molecule has 2 aromatic rings. The van der Waals surface area contributed by atoms with E-state index in [0.717, 1.165) is 11.3 Å². The fourth-order valence-corrected chi connectivity index (χ4v) is 1.64. The van der Waals surface area contributed by atoms with Crippen molar-refractivity contribution in [2.75, 3.05) is 17.7 Å². The quantitative estimate of drug-likeness (QED) is 0.831. The number of hydrogen-bond donors (Lipinski definition) is 1. The highest BCUT2D eigenvalue weighted by Gasteiger charge is 2.11. The molecular weight excluding hydrogens is 228 g/mol. The molecule has 0 saturated heterocycles. The molecule has 2 N–H and O–H groups in total. The van der Waals surface area contributed by atoms with Crippen LogP contribution in [0, 0.1) is 6.92 Å². The third-order valence-electron chi connectivity index (χ3n) is 2.71. The molecule has 0 aliphatic heterocycles. The van der Waals surface area contributed by atoms with Crippen molar-refractivity contribution in [3.8, 4) is 0 Å². The van der Waals surface area contributed by atoms with Gasteiger partial charge < -0.3 is 10.6 Å². The second kappa shape index (κ2) is 4.91. The van der Waals surface area contributed by atoms with Gasteiger partial charge >= 0.3 is 0 Å². The lowest BCUT2D eigenvalue weighted by molar-refractivity contribution is -0.119. The van der Waals surface area contributed by atoms with Crippen LogP contribution in [-0.2, 0) is 11.3 Å². The van der Waals surface area contributed by atoms with Gasteiger partial charge in [0.25, 0.3) is 0 Å². The molecule has 1 aromatic carbocycles. The topological polar surface area (TPSA) is 64.2 Å². The van der Waals surface area contributed by atoms with Gasteiger partial charge in [-0.25, -0.2) is 0 Å². The summed E-state index contributed by atoms with van der Waals surface area (Å²) < 4.78 is 1.63. The smallest absolute Gasteiger partial charge is 0.248 e. The molecule has 0 spiro atoms. The zero-order valence-corrected chi connectivity index (χ0v) is 10.5. The molecule has 5 nitrogen and oxygen atoms in total. The molecule has 0 saturated carbocycles. The lowest BCUT2D eigenvalue weighted by atomic mass is 10.2. The van der Waals surface area contributed by atoms with Crippen LogP contribution in [0.5, 0.6) is 0 Å². The molecule has 0 fully saturated rings. The number of nitrogens with zero attached hydrogens (tertiary/aromatic N) is 3. The maximum Gasteiger partial charge on any atom is 0.248 e. The number of benzene rings is 1. The van der Waals surface area contributed by atoms with Crippen molar-refractivity contribution in [2.45, 2.75) is 13.5 Å². The lowest BCUT2D eigenvalue weighted by Gasteiger charge is -2.17. The number of carbonyl (C=O) groups excluding carboxylic acids is 1. The number of nitrogens with two attached hydrogens (primary N) is 1. The third-order valence-corrected chi connectivity index (χ3v) is 2.71. The van der Waals surface area contributed by atoms with Crippen molar-refractivity contribution in [2.24, 2.45) is 0 Å². The number of carbonyl (C=O) groups is 1. The van der Waals surface area contributed by atoms with Gasteiger partial charge in [-0.1, -0.05) is 0 Å². The van der Waals surface area contributed by atoms with Gasteiger partial charge in [0.05, 0.1) is 6.20 Å². The van der Waals surface area contributed by atoms with Gasteiger partial charge in [0.2, 0.25) is 5.91 Å². The zero-order chi connectivity index (χ0) is 13.1. The first kappa shape index (κ1) is 12.2. The first-order chi connectivity index (χ1) is 8.56. The van der Waals surface area contributed by atoms with Crippen LogP contribution in [0.2, 0.25) is 0 Å². The number of rotatable bonds is 3. The second-order valence-corrected chi connectivity index (χ2v) is 4.26.